The monoisotopic (exact) mass is 337 g/mol. The topological polar surface area (TPSA) is 70.2 Å². The van der Waals surface area contributed by atoms with E-state index in [1.165, 1.54) is 5.56 Å². The molecule has 1 aliphatic rings. The minimum Gasteiger partial charge on any atom is -0.372 e. The molecule has 130 valence electrons. The van der Waals surface area contributed by atoms with Crippen molar-refractivity contribution in [1.82, 2.24) is 0 Å². The van der Waals surface area contributed by atoms with E-state index < -0.39 is 6.04 Å². The van der Waals surface area contributed by atoms with E-state index in [0.29, 0.717) is 0 Å². The molecule has 0 unspecified atom stereocenters. The van der Waals surface area contributed by atoms with Gasteiger partial charge in [0.1, 0.15) is 6.04 Å². The number of hydrogen-bond acceptors (Lipinski definition) is 3. The molecule has 0 saturated heterocycles. The first-order valence-electron chi connectivity index (χ1n) is 8.53. The molecule has 0 fully saturated rings. The summed E-state index contributed by atoms with van der Waals surface area (Å²) < 4.78 is 0. The van der Waals surface area contributed by atoms with Gasteiger partial charge in [0.05, 0.1) is 17.8 Å². The maximum absolute atomic E-state index is 12.3. The molecule has 25 heavy (non-hydrogen) atoms. The number of carbonyl (C=O) groups excluding carboxylic acids is 2. The van der Waals surface area contributed by atoms with Gasteiger partial charge in [0.2, 0.25) is 11.8 Å². The molecule has 1 atom stereocenters. The number of aryl methyl sites for hydroxylation is 3. The molecule has 0 saturated carbocycles. The fourth-order valence-electron chi connectivity index (χ4n) is 2.88. The normalized spacial score (nSPS) is 15.8. The average Bonchev–Trinajstić information content (AvgIpc) is 2.58. The van der Waals surface area contributed by atoms with Crippen LogP contribution in [0.4, 0.5) is 17.1 Å². The third-order valence-electron chi connectivity index (χ3n) is 4.57. The molecule has 1 aliphatic heterocycles. The van der Waals surface area contributed by atoms with Crippen LogP contribution in [-0.2, 0) is 16.0 Å². The summed E-state index contributed by atoms with van der Waals surface area (Å²) in [5.74, 6) is -0.378. The van der Waals surface area contributed by atoms with Gasteiger partial charge in [0.15, 0.2) is 0 Å². The molecular weight excluding hydrogens is 314 g/mol. The Morgan fingerprint density at radius 2 is 1.72 bits per heavy atom. The van der Waals surface area contributed by atoms with Gasteiger partial charge in [-0.2, -0.15) is 0 Å². The van der Waals surface area contributed by atoms with E-state index in [0.717, 1.165) is 34.6 Å². The number of hydrogen-bond donors (Lipinski definition) is 3. The molecule has 0 bridgehead atoms. The highest BCUT2D eigenvalue weighted by Crippen LogP contribution is 2.30. The summed E-state index contributed by atoms with van der Waals surface area (Å²) in [6.07, 6.45) is 1.03. The van der Waals surface area contributed by atoms with Crippen molar-refractivity contribution >= 4 is 28.9 Å². The van der Waals surface area contributed by atoms with E-state index in [2.05, 4.69) is 22.9 Å². The summed E-state index contributed by atoms with van der Waals surface area (Å²) in [6, 6.07) is 11.1. The smallest absolute Gasteiger partial charge is 0.247 e. The number of carbonyl (C=O) groups is 2. The quantitative estimate of drug-likeness (QED) is 0.798. The fourth-order valence-corrected chi connectivity index (χ4v) is 2.88. The number of rotatable bonds is 4. The van der Waals surface area contributed by atoms with Gasteiger partial charge in [-0.3, -0.25) is 9.59 Å². The number of nitrogens with one attached hydrogen (secondary N) is 3. The third kappa shape index (κ3) is 3.82. The van der Waals surface area contributed by atoms with E-state index >= 15 is 0 Å². The van der Waals surface area contributed by atoms with E-state index in [1.807, 2.05) is 50.2 Å². The Kier molecular flexibility index (Phi) is 4.74. The van der Waals surface area contributed by atoms with Gasteiger partial charge in [-0.15, -0.1) is 0 Å². The van der Waals surface area contributed by atoms with Gasteiger partial charge < -0.3 is 16.0 Å². The van der Waals surface area contributed by atoms with Crippen LogP contribution in [0.1, 0.15) is 30.0 Å². The van der Waals surface area contributed by atoms with Crippen LogP contribution in [0.5, 0.6) is 0 Å². The van der Waals surface area contributed by atoms with Crippen LogP contribution in [0.25, 0.3) is 0 Å². The second-order valence-corrected chi connectivity index (χ2v) is 6.47. The molecule has 3 rings (SSSR count). The minimum atomic E-state index is -0.579. The SMILES string of the molecule is CCc1ccc(NC(=O)C[C@@H]2Nc3cc(C)c(C)cc3NC2=O)cc1. The highest BCUT2D eigenvalue weighted by molar-refractivity contribution is 6.06. The summed E-state index contributed by atoms with van der Waals surface area (Å²) in [6.45, 7) is 6.11. The Bertz CT molecular complexity index is 812. The van der Waals surface area contributed by atoms with Gasteiger partial charge in [-0.05, 0) is 61.2 Å². The van der Waals surface area contributed by atoms with Crippen LogP contribution in [0, 0.1) is 13.8 Å². The number of amides is 2. The van der Waals surface area contributed by atoms with Crippen molar-refractivity contribution in [3.05, 3.63) is 53.1 Å². The maximum Gasteiger partial charge on any atom is 0.247 e. The van der Waals surface area contributed by atoms with Crippen molar-refractivity contribution < 1.29 is 9.59 Å². The first-order valence-corrected chi connectivity index (χ1v) is 8.53. The van der Waals surface area contributed by atoms with Crippen LogP contribution in [0.3, 0.4) is 0 Å². The minimum absolute atomic E-state index is 0.0771. The molecular formula is C20H23N3O2. The largest absolute Gasteiger partial charge is 0.372 e. The van der Waals surface area contributed by atoms with Gasteiger partial charge in [-0.1, -0.05) is 19.1 Å². The second-order valence-electron chi connectivity index (χ2n) is 6.47. The molecule has 0 spiro atoms. The Morgan fingerprint density at radius 3 is 2.36 bits per heavy atom. The number of anilines is 3. The van der Waals surface area contributed by atoms with Gasteiger partial charge in [0.25, 0.3) is 0 Å². The van der Waals surface area contributed by atoms with E-state index in [1.54, 1.807) is 0 Å². The highest BCUT2D eigenvalue weighted by atomic mass is 16.2. The second kappa shape index (κ2) is 6.97. The molecule has 2 aromatic rings. The summed E-state index contributed by atoms with van der Waals surface area (Å²) in [5, 5.41) is 8.90. The average molecular weight is 337 g/mol. The lowest BCUT2D eigenvalue weighted by atomic mass is 10.0. The van der Waals surface area contributed by atoms with Crippen molar-refractivity contribution in [3.8, 4) is 0 Å². The van der Waals surface area contributed by atoms with E-state index in [9.17, 15) is 9.59 Å². The van der Waals surface area contributed by atoms with Gasteiger partial charge in [-0.25, -0.2) is 0 Å². The molecule has 5 heteroatoms. The Labute approximate surface area is 147 Å². The predicted molar refractivity (Wildman–Crippen MR) is 101 cm³/mol. The fraction of sp³-hybridized carbons (Fsp3) is 0.300. The van der Waals surface area contributed by atoms with E-state index in [-0.39, 0.29) is 18.2 Å². The van der Waals surface area contributed by atoms with Crippen molar-refractivity contribution in [1.29, 1.82) is 0 Å². The Balaban J connectivity index is 1.66. The molecule has 1 heterocycles. The molecule has 3 N–H and O–H groups in total. The molecule has 0 aromatic heterocycles. The summed E-state index contributed by atoms with van der Waals surface area (Å²) in [5.41, 5.74) is 5.83. The van der Waals surface area contributed by atoms with Crippen LogP contribution in [0.15, 0.2) is 36.4 Å². The summed E-state index contributed by atoms with van der Waals surface area (Å²) >= 11 is 0. The van der Waals surface area contributed by atoms with Crippen molar-refractivity contribution in [2.45, 2.75) is 39.7 Å². The summed E-state index contributed by atoms with van der Waals surface area (Å²) in [7, 11) is 0. The number of benzene rings is 2. The van der Waals surface area contributed by atoms with Crippen LogP contribution >= 0.6 is 0 Å². The van der Waals surface area contributed by atoms with Gasteiger partial charge in [0, 0.05) is 5.69 Å². The standard InChI is InChI=1S/C20H23N3O2/c1-4-14-5-7-15(8-6-14)21-19(24)11-18-20(25)23-17-10-13(3)12(2)9-16(17)22-18/h5-10,18,22H,4,11H2,1-3H3,(H,21,24)(H,23,25)/t18-/m0/s1. The lowest BCUT2D eigenvalue weighted by Gasteiger charge is -2.27. The molecule has 2 aromatic carbocycles. The molecule has 0 radical (unpaired) electrons. The van der Waals surface area contributed by atoms with E-state index in [4.69, 9.17) is 0 Å². The lowest BCUT2D eigenvalue weighted by Crippen LogP contribution is -2.41. The van der Waals surface area contributed by atoms with Crippen molar-refractivity contribution in [2.24, 2.45) is 0 Å². The van der Waals surface area contributed by atoms with Crippen LogP contribution in [0.2, 0.25) is 0 Å². The predicted octanol–water partition coefficient (Wildman–Crippen LogP) is 3.63. The summed E-state index contributed by atoms with van der Waals surface area (Å²) in [4.78, 5) is 24.6. The zero-order chi connectivity index (χ0) is 18.0. The molecule has 0 aliphatic carbocycles. The molecule has 2 amide bonds. The Hall–Kier alpha value is -2.82. The maximum atomic E-state index is 12.3. The highest BCUT2D eigenvalue weighted by Gasteiger charge is 2.27. The Morgan fingerprint density at radius 1 is 1.08 bits per heavy atom. The van der Waals surface area contributed by atoms with Crippen molar-refractivity contribution in [2.75, 3.05) is 16.0 Å². The van der Waals surface area contributed by atoms with Crippen molar-refractivity contribution in [3.63, 3.8) is 0 Å². The number of fused-ring (bicyclic) bond motifs is 1. The van der Waals surface area contributed by atoms with Crippen LogP contribution in [-0.4, -0.2) is 17.9 Å². The third-order valence-corrected chi connectivity index (χ3v) is 4.57. The van der Waals surface area contributed by atoms with Crippen LogP contribution < -0.4 is 16.0 Å². The first kappa shape index (κ1) is 17.0. The molecule has 5 nitrogen and oxygen atoms in total. The first-order chi connectivity index (χ1) is 12.0. The van der Waals surface area contributed by atoms with Gasteiger partial charge >= 0.3 is 0 Å². The zero-order valence-corrected chi connectivity index (χ0v) is 14.8. The zero-order valence-electron chi connectivity index (χ0n) is 14.8. The lowest BCUT2D eigenvalue weighted by molar-refractivity contribution is -0.122.